The number of carbonyl (C=O) groups is 1. The molecule has 0 amide bonds. The van der Waals surface area contributed by atoms with E-state index in [0.717, 1.165) is 12.3 Å². The second-order valence-electron chi connectivity index (χ2n) is 1.95. The van der Waals surface area contributed by atoms with Gasteiger partial charge in [-0.05, 0) is 12.1 Å². The predicted octanol–water partition coefficient (Wildman–Crippen LogP) is -0.498. The second kappa shape index (κ2) is 2.37. The molecule has 0 atom stereocenters. The first kappa shape index (κ1) is 7.77. The Labute approximate surface area is 61.5 Å². The molecule has 0 unspecified atom stereocenters. The zero-order chi connectivity index (χ0) is 8.48. The van der Waals surface area contributed by atoms with Gasteiger partial charge in [0.1, 0.15) is 0 Å². The van der Waals surface area contributed by atoms with Crippen molar-refractivity contribution in [3.63, 3.8) is 0 Å². The summed E-state index contributed by atoms with van der Waals surface area (Å²) in [5, 5.41) is 25.9. The highest BCUT2D eigenvalue weighted by Crippen LogP contribution is 2.17. The first-order valence-electron chi connectivity index (χ1n) is 2.77. The van der Waals surface area contributed by atoms with Gasteiger partial charge in [-0.1, -0.05) is 0 Å². The molecule has 1 aromatic rings. The average Bonchev–Trinajstić information content (AvgIpc) is 2.37. The van der Waals surface area contributed by atoms with E-state index in [1.807, 2.05) is 0 Å². The highest BCUT2D eigenvalue weighted by molar-refractivity contribution is 5.75. The third-order valence-corrected chi connectivity index (χ3v) is 1.16. The third-order valence-electron chi connectivity index (χ3n) is 1.16. The molecule has 0 fully saturated rings. The van der Waals surface area contributed by atoms with Gasteiger partial charge in [-0.25, -0.2) is 4.79 Å². The summed E-state index contributed by atoms with van der Waals surface area (Å²) in [6.45, 7) is 0. The molecule has 0 spiro atoms. The summed E-state index contributed by atoms with van der Waals surface area (Å²) < 4.78 is 4.48. The van der Waals surface area contributed by atoms with Crippen LogP contribution in [0.5, 0.6) is 0 Å². The van der Waals surface area contributed by atoms with Crippen LogP contribution in [0, 0.1) is 0 Å². The maximum Gasteiger partial charge on any atom is 0.372 e. The van der Waals surface area contributed by atoms with E-state index in [1.54, 1.807) is 0 Å². The Hall–Kier alpha value is -1.33. The molecule has 0 radical (unpaired) electrons. The molecule has 1 heterocycles. The topological polar surface area (TPSA) is 90.9 Å². The van der Waals surface area contributed by atoms with Gasteiger partial charge in [0, 0.05) is 0 Å². The van der Waals surface area contributed by atoms with Crippen LogP contribution in [0.15, 0.2) is 22.8 Å². The fourth-order valence-electron chi connectivity index (χ4n) is 0.582. The summed E-state index contributed by atoms with van der Waals surface area (Å²) in [6, 6.07) is 2.52. The Morgan fingerprint density at radius 2 is 2.18 bits per heavy atom. The van der Waals surface area contributed by atoms with E-state index in [9.17, 15) is 4.79 Å². The van der Waals surface area contributed by atoms with Gasteiger partial charge in [-0.2, -0.15) is 0 Å². The van der Waals surface area contributed by atoms with Crippen LogP contribution in [0.25, 0.3) is 0 Å². The second-order valence-corrected chi connectivity index (χ2v) is 1.95. The number of carboxylic acid groups (broad SMARTS) is 1. The van der Waals surface area contributed by atoms with Crippen molar-refractivity contribution in [1.82, 2.24) is 0 Å². The predicted molar refractivity (Wildman–Crippen MR) is 32.5 cm³/mol. The molecule has 1 aromatic heterocycles. The lowest BCUT2D eigenvalue weighted by molar-refractivity contribution is -0.213. The highest BCUT2D eigenvalue weighted by atomic mass is 16.6. The molecule has 0 aliphatic heterocycles. The number of hydrogen-bond donors (Lipinski definition) is 3. The molecule has 1 rings (SSSR count). The number of aliphatic hydroxyl groups is 2. The van der Waals surface area contributed by atoms with Crippen LogP contribution in [0.4, 0.5) is 0 Å². The standard InChI is InChI=1S/C6H6O5/c7-5(8)6(9,10)4-2-1-3-11-4/h1-3,9-10H,(H,7,8). The molecule has 3 N–H and O–H groups in total. The number of rotatable bonds is 2. The van der Waals surface area contributed by atoms with Gasteiger partial charge in [-0.3, -0.25) is 0 Å². The van der Waals surface area contributed by atoms with Crippen molar-refractivity contribution in [2.24, 2.45) is 0 Å². The largest absolute Gasteiger partial charge is 0.477 e. The van der Waals surface area contributed by atoms with Crippen molar-refractivity contribution in [2.75, 3.05) is 0 Å². The monoisotopic (exact) mass is 158 g/mol. The van der Waals surface area contributed by atoms with Crippen molar-refractivity contribution in [2.45, 2.75) is 5.79 Å². The van der Waals surface area contributed by atoms with Crippen LogP contribution in [0.1, 0.15) is 5.76 Å². The number of furan rings is 1. The normalized spacial score (nSPS) is 11.5. The van der Waals surface area contributed by atoms with E-state index in [2.05, 4.69) is 4.42 Å². The summed E-state index contributed by atoms with van der Waals surface area (Å²) in [6.07, 6.45) is 1.15. The van der Waals surface area contributed by atoms with E-state index in [4.69, 9.17) is 15.3 Å². The Balaban J connectivity index is 3.00. The van der Waals surface area contributed by atoms with E-state index >= 15 is 0 Å². The molecule has 5 heteroatoms. The van der Waals surface area contributed by atoms with Crippen molar-refractivity contribution < 1.29 is 24.5 Å². The molecular weight excluding hydrogens is 152 g/mol. The van der Waals surface area contributed by atoms with Crippen LogP contribution in [-0.2, 0) is 10.6 Å². The van der Waals surface area contributed by atoms with E-state index in [1.165, 1.54) is 6.07 Å². The Morgan fingerprint density at radius 1 is 1.55 bits per heavy atom. The zero-order valence-electron chi connectivity index (χ0n) is 5.39. The van der Waals surface area contributed by atoms with Crippen molar-refractivity contribution in [3.8, 4) is 0 Å². The third kappa shape index (κ3) is 1.24. The zero-order valence-corrected chi connectivity index (χ0v) is 5.39. The van der Waals surface area contributed by atoms with Crippen LogP contribution in [-0.4, -0.2) is 21.3 Å². The van der Waals surface area contributed by atoms with Crippen molar-refractivity contribution in [1.29, 1.82) is 0 Å². The van der Waals surface area contributed by atoms with Gasteiger partial charge in [0.25, 0.3) is 0 Å². The Morgan fingerprint density at radius 3 is 2.55 bits per heavy atom. The summed E-state index contributed by atoms with van der Waals surface area (Å²) in [5.41, 5.74) is 0. The van der Waals surface area contributed by atoms with Crippen LogP contribution >= 0.6 is 0 Å². The molecule has 0 saturated heterocycles. The molecule has 0 aliphatic carbocycles. The van der Waals surface area contributed by atoms with Gasteiger partial charge in [-0.15, -0.1) is 0 Å². The fraction of sp³-hybridized carbons (Fsp3) is 0.167. The minimum absolute atomic E-state index is 0.412. The van der Waals surface area contributed by atoms with Gasteiger partial charge >= 0.3 is 11.8 Å². The van der Waals surface area contributed by atoms with E-state index < -0.39 is 17.5 Å². The van der Waals surface area contributed by atoms with E-state index in [-0.39, 0.29) is 0 Å². The molecule has 0 bridgehead atoms. The van der Waals surface area contributed by atoms with Gasteiger partial charge in [0.15, 0.2) is 5.76 Å². The molecule has 11 heavy (non-hydrogen) atoms. The van der Waals surface area contributed by atoms with E-state index in [0.29, 0.717) is 0 Å². The van der Waals surface area contributed by atoms with Gasteiger partial charge < -0.3 is 19.7 Å². The molecule has 0 aliphatic rings. The van der Waals surface area contributed by atoms with Gasteiger partial charge in [0.2, 0.25) is 0 Å². The molecule has 0 saturated carbocycles. The first-order chi connectivity index (χ1) is 5.05. The quantitative estimate of drug-likeness (QED) is 0.505. The highest BCUT2D eigenvalue weighted by Gasteiger charge is 2.38. The first-order valence-corrected chi connectivity index (χ1v) is 2.77. The lowest BCUT2D eigenvalue weighted by Crippen LogP contribution is -2.34. The Kier molecular flexibility index (Phi) is 1.67. The summed E-state index contributed by atoms with van der Waals surface area (Å²) in [5.74, 6) is -5.11. The summed E-state index contributed by atoms with van der Waals surface area (Å²) in [4.78, 5) is 10.2. The van der Waals surface area contributed by atoms with Crippen LogP contribution < -0.4 is 0 Å². The lowest BCUT2D eigenvalue weighted by atomic mass is 10.2. The molecular formula is C6H6O5. The fourth-order valence-corrected chi connectivity index (χ4v) is 0.582. The average molecular weight is 158 g/mol. The summed E-state index contributed by atoms with van der Waals surface area (Å²) >= 11 is 0. The SMILES string of the molecule is O=C(O)C(O)(O)c1ccco1. The molecule has 5 nitrogen and oxygen atoms in total. The van der Waals surface area contributed by atoms with Gasteiger partial charge in [0.05, 0.1) is 6.26 Å². The molecule has 60 valence electrons. The van der Waals surface area contributed by atoms with Crippen LogP contribution in [0.3, 0.4) is 0 Å². The minimum Gasteiger partial charge on any atom is -0.477 e. The number of aliphatic carboxylic acids is 1. The smallest absolute Gasteiger partial charge is 0.372 e. The van der Waals surface area contributed by atoms with Crippen molar-refractivity contribution in [3.05, 3.63) is 24.2 Å². The maximum atomic E-state index is 10.2. The minimum atomic E-state index is -2.93. The Bertz CT molecular complexity index is 248. The van der Waals surface area contributed by atoms with Crippen LogP contribution in [0.2, 0.25) is 0 Å². The summed E-state index contributed by atoms with van der Waals surface area (Å²) in [7, 11) is 0. The maximum absolute atomic E-state index is 10.2. The number of hydrogen-bond acceptors (Lipinski definition) is 4. The molecule has 0 aromatic carbocycles. The number of carboxylic acids is 1. The van der Waals surface area contributed by atoms with Crippen molar-refractivity contribution >= 4 is 5.97 Å². The lowest BCUT2D eigenvalue weighted by Gasteiger charge is -2.11.